The normalized spacial score (nSPS) is 10.6. The first-order chi connectivity index (χ1) is 11.5. The van der Waals surface area contributed by atoms with Gasteiger partial charge in [-0.25, -0.2) is 0 Å². The number of ether oxygens (including phenoxy) is 1. The van der Waals surface area contributed by atoms with Crippen LogP contribution in [0.1, 0.15) is 5.89 Å². The van der Waals surface area contributed by atoms with Crippen molar-refractivity contribution in [1.82, 2.24) is 10.1 Å². The maximum absolute atomic E-state index is 10.7. The highest BCUT2D eigenvalue weighted by Gasteiger charge is 2.13. The van der Waals surface area contributed by atoms with E-state index in [4.69, 9.17) is 32.5 Å². The Balaban J connectivity index is 1.71. The highest BCUT2D eigenvalue weighted by Crippen LogP contribution is 2.29. The van der Waals surface area contributed by atoms with E-state index in [1.54, 1.807) is 24.3 Å². The van der Waals surface area contributed by atoms with Gasteiger partial charge in [0.2, 0.25) is 5.82 Å². The van der Waals surface area contributed by atoms with Gasteiger partial charge in [-0.3, -0.25) is 10.1 Å². The van der Waals surface area contributed by atoms with E-state index in [0.29, 0.717) is 16.4 Å². The summed E-state index contributed by atoms with van der Waals surface area (Å²) in [6, 6.07) is 11.0. The fourth-order valence-corrected chi connectivity index (χ4v) is 2.34. The van der Waals surface area contributed by atoms with Crippen molar-refractivity contribution >= 4 is 28.9 Å². The number of hydrogen-bond donors (Lipinski definition) is 0. The average molecular weight is 366 g/mol. The molecule has 0 atom stereocenters. The van der Waals surface area contributed by atoms with Gasteiger partial charge in [0.1, 0.15) is 5.75 Å². The lowest BCUT2D eigenvalue weighted by molar-refractivity contribution is -0.384. The van der Waals surface area contributed by atoms with Gasteiger partial charge in [0.15, 0.2) is 6.61 Å². The maximum Gasteiger partial charge on any atom is 0.271 e. The van der Waals surface area contributed by atoms with Gasteiger partial charge in [0.05, 0.1) is 9.95 Å². The zero-order chi connectivity index (χ0) is 17.1. The van der Waals surface area contributed by atoms with Crippen LogP contribution in [-0.2, 0) is 6.61 Å². The lowest BCUT2D eigenvalue weighted by Crippen LogP contribution is -1.97. The first-order valence-corrected chi connectivity index (χ1v) is 7.44. The van der Waals surface area contributed by atoms with Gasteiger partial charge in [0, 0.05) is 22.7 Å². The van der Waals surface area contributed by atoms with E-state index in [0.717, 1.165) is 0 Å². The summed E-state index contributed by atoms with van der Waals surface area (Å²) in [5, 5.41) is 15.2. The molecule has 7 nitrogen and oxygen atoms in total. The van der Waals surface area contributed by atoms with Crippen molar-refractivity contribution in [2.45, 2.75) is 6.61 Å². The van der Waals surface area contributed by atoms with Gasteiger partial charge in [-0.15, -0.1) is 0 Å². The minimum Gasteiger partial charge on any atom is -0.482 e. The molecule has 0 spiro atoms. The average Bonchev–Trinajstić information content (AvgIpc) is 3.02. The summed E-state index contributed by atoms with van der Waals surface area (Å²) < 4.78 is 10.6. The third-order valence-electron chi connectivity index (χ3n) is 3.03. The zero-order valence-electron chi connectivity index (χ0n) is 12.0. The van der Waals surface area contributed by atoms with Gasteiger partial charge >= 0.3 is 0 Å². The van der Waals surface area contributed by atoms with Gasteiger partial charge < -0.3 is 9.26 Å². The molecule has 24 heavy (non-hydrogen) atoms. The summed E-state index contributed by atoms with van der Waals surface area (Å²) in [5.74, 6) is 0.898. The van der Waals surface area contributed by atoms with Crippen LogP contribution in [0.15, 0.2) is 47.0 Å². The largest absolute Gasteiger partial charge is 0.482 e. The van der Waals surface area contributed by atoms with Crippen molar-refractivity contribution in [2.75, 3.05) is 0 Å². The minimum atomic E-state index is -0.537. The van der Waals surface area contributed by atoms with E-state index in [2.05, 4.69) is 10.1 Å². The lowest BCUT2D eigenvalue weighted by atomic mass is 10.2. The fourth-order valence-electron chi connectivity index (χ4n) is 1.92. The summed E-state index contributed by atoms with van der Waals surface area (Å²) in [4.78, 5) is 14.3. The number of hydrogen-bond acceptors (Lipinski definition) is 6. The Hall–Kier alpha value is -2.64. The number of nitro groups is 1. The molecular formula is C15H9Cl2N3O4. The molecule has 0 fully saturated rings. The Kier molecular flexibility index (Phi) is 4.64. The molecule has 0 aliphatic carbocycles. The highest BCUT2D eigenvalue weighted by molar-refractivity contribution is 6.32. The molecule has 122 valence electrons. The molecule has 0 aliphatic heterocycles. The van der Waals surface area contributed by atoms with Crippen LogP contribution in [0, 0.1) is 10.1 Å². The Morgan fingerprint density at radius 1 is 1.21 bits per heavy atom. The molecular weight excluding hydrogens is 357 g/mol. The van der Waals surface area contributed by atoms with Crippen LogP contribution < -0.4 is 4.74 Å². The van der Waals surface area contributed by atoms with E-state index < -0.39 is 4.92 Å². The molecule has 0 radical (unpaired) electrons. The number of rotatable bonds is 5. The number of nitro benzene ring substituents is 1. The summed E-state index contributed by atoms with van der Waals surface area (Å²) in [6.45, 7) is -0.0227. The van der Waals surface area contributed by atoms with Crippen molar-refractivity contribution in [3.05, 3.63) is 68.5 Å². The van der Waals surface area contributed by atoms with Crippen LogP contribution in [0.4, 0.5) is 5.69 Å². The first-order valence-electron chi connectivity index (χ1n) is 6.68. The number of benzene rings is 2. The van der Waals surface area contributed by atoms with E-state index >= 15 is 0 Å². The molecule has 0 N–H and O–H groups in total. The molecule has 0 amide bonds. The van der Waals surface area contributed by atoms with Crippen molar-refractivity contribution in [3.63, 3.8) is 0 Å². The van der Waals surface area contributed by atoms with Crippen molar-refractivity contribution < 1.29 is 14.2 Å². The number of nitrogens with zero attached hydrogens (tertiary/aromatic N) is 3. The summed E-state index contributed by atoms with van der Waals surface area (Å²) in [6.07, 6.45) is 0. The molecule has 0 aliphatic rings. The lowest BCUT2D eigenvalue weighted by Gasteiger charge is -2.04. The van der Waals surface area contributed by atoms with Gasteiger partial charge in [-0.2, -0.15) is 4.98 Å². The van der Waals surface area contributed by atoms with Crippen molar-refractivity contribution in [3.8, 4) is 17.1 Å². The second-order valence-corrected chi connectivity index (χ2v) is 5.53. The van der Waals surface area contributed by atoms with E-state index in [-0.39, 0.29) is 29.0 Å². The Labute approximate surface area is 145 Å². The van der Waals surface area contributed by atoms with Crippen LogP contribution >= 0.6 is 23.2 Å². The smallest absolute Gasteiger partial charge is 0.271 e. The minimum absolute atomic E-state index is 0.0227. The van der Waals surface area contributed by atoms with Gasteiger partial charge in [0.25, 0.3) is 11.6 Å². The van der Waals surface area contributed by atoms with Crippen molar-refractivity contribution in [1.29, 1.82) is 0 Å². The second-order valence-electron chi connectivity index (χ2n) is 4.68. The van der Waals surface area contributed by atoms with Crippen LogP contribution in [0.2, 0.25) is 10.0 Å². The molecule has 2 aromatic carbocycles. The third-order valence-corrected chi connectivity index (χ3v) is 3.56. The standard InChI is InChI=1S/C15H9Cl2N3O4/c16-10-3-1-2-9(6-10)15-18-14(24-19-15)8-23-13-5-4-11(20(21)22)7-12(13)17/h1-7H,8H2. The SMILES string of the molecule is O=[N+]([O-])c1ccc(OCc2nc(-c3cccc(Cl)c3)no2)c(Cl)c1. The van der Waals surface area contributed by atoms with Gasteiger partial charge in [-0.1, -0.05) is 40.5 Å². The molecule has 1 aromatic heterocycles. The molecule has 0 saturated carbocycles. The topological polar surface area (TPSA) is 91.3 Å². The predicted octanol–water partition coefficient (Wildman–Crippen LogP) is 4.53. The quantitative estimate of drug-likeness (QED) is 0.487. The van der Waals surface area contributed by atoms with E-state index in [1.165, 1.54) is 18.2 Å². The van der Waals surface area contributed by atoms with Crippen molar-refractivity contribution in [2.24, 2.45) is 0 Å². The maximum atomic E-state index is 10.7. The van der Waals surface area contributed by atoms with E-state index in [1.807, 2.05) is 0 Å². The number of halogens is 2. The highest BCUT2D eigenvalue weighted by atomic mass is 35.5. The molecule has 3 rings (SSSR count). The van der Waals surface area contributed by atoms with Crippen LogP contribution in [-0.4, -0.2) is 15.1 Å². The molecule has 1 heterocycles. The second kappa shape index (κ2) is 6.86. The van der Waals surface area contributed by atoms with E-state index in [9.17, 15) is 10.1 Å². The Morgan fingerprint density at radius 2 is 2.04 bits per heavy atom. The monoisotopic (exact) mass is 365 g/mol. The third kappa shape index (κ3) is 3.64. The molecule has 0 bridgehead atoms. The van der Waals surface area contributed by atoms with Crippen LogP contribution in [0.3, 0.4) is 0 Å². The summed E-state index contributed by atoms with van der Waals surface area (Å²) in [7, 11) is 0. The predicted molar refractivity (Wildman–Crippen MR) is 87.2 cm³/mol. The zero-order valence-corrected chi connectivity index (χ0v) is 13.5. The molecule has 0 unspecified atom stereocenters. The summed E-state index contributed by atoms with van der Waals surface area (Å²) in [5.41, 5.74) is 0.597. The van der Waals surface area contributed by atoms with Crippen LogP contribution in [0.25, 0.3) is 11.4 Å². The molecule has 9 heteroatoms. The number of non-ortho nitro benzene ring substituents is 1. The van der Waals surface area contributed by atoms with Crippen LogP contribution in [0.5, 0.6) is 5.75 Å². The number of aromatic nitrogens is 2. The molecule has 0 saturated heterocycles. The van der Waals surface area contributed by atoms with Gasteiger partial charge in [-0.05, 0) is 18.2 Å². The molecule has 3 aromatic rings. The first kappa shape index (κ1) is 16.2. The summed E-state index contributed by atoms with van der Waals surface area (Å²) >= 11 is 11.9. The Bertz CT molecular complexity index is 898. The fraction of sp³-hybridized carbons (Fsp3) is 0.0667. The Morgan fingerprint density at radius 3 is 2.75 bits per heavy atom.